The SMILES string of the molecule is CC(C)[C@@H](c1nnnn1C1CCCCC1)N(Cc1ccc(Cl)cc1)Cc1ccco1. The molecule has 1 fully saturated rings. The first-order valence-corrected chi connectivity index (χ1v) is 11.3. The van der Waals surface area contributed by atoms with Gasteiger partial charge in [-0.2, -0.15) is 0 Å². The van der Waals surface area contributed by atoms with Crippen LogP contribution in [0.4, 0.5) is 0 Å². The molecular weight excluding hydrogens is 398 g/mol. The van der Waals surface area contributed by atoms with E-state index in [1.807, 2.05) is 24.3 Å². The van der Waals surface area contributed by atoms with Crippen molar-refractivity contribution in [2.75, 3.05) is 0 Å². The fourth-order valence-electron chi connectivity index (χ4n) is 4.54. The summed E-state index contributed by atoms with van der Waals surface area (Å²) in [5, 5.41) is 13.8. The van der Waals surface area contributed by atoms with Crippen LogP contribution >= 0.6 is 11.6 Å². The standard InChI is InChI=1S/C23H30ClN5O/c1-17(2)22(23-25-26-27-29(23)20-7-4-3-5-8-20)28(16-21-9-6-14-30-21)15-18-10-12-19(24)13-11-18/h6,9-14,17,20,22H,3-5,7-8,15-16H2,1-2H3/t22-/m0/s1. The first kappa shape index (κ1) is 21.1. The summed E-state index contributed by atoms with van der Waals surface area (Å²) in [5.41, 5.74) is 1.20. The Morgan fingerprint density at radius 1 is 1.10 bits per heavy atom. The second-order valence-corrected chi connectivity index (χ2v) is 9.01. The van der Waals surface area contributed by atoms with Crippen LogP contribution in [0.25, 0.3) is 0 Å². The molecule has 160 valence electrons. The first-order chi connectivity index (χ1) is 14.6. The van der Waals surface area contributed by atoms with E-state index in [2.05, 4.69) is 51.1 Å². The third-order valence-electron chi connectivity index (χ3n) is 5.97. The van der Waals surface area contributed by atoms with Gasteiger partial charge in [0.1, 0.15) is 5.76 Å². The minimum absolute atomic E-state index is 0.0719. The van der Waals surface area contributed by atoms with Crippen molar-refractivity contribution >= 4 is 11.6 Å². The van der Waals surface area contributed by atoms with E-state index in [4.69, 9.17) is 16.0 Å². The average molecular weight is 428 g/mol. The average Bonchev–Trinajstić information content (AvgIpc) is 3.43. The fourth-order valence-corrected chi connectivity index (χ4v) is 4.67. The number of hydrogen-bond acceptors (Lipinski definition) is 5. The molecule has 1 aliphatic rings. The van der Waals surface area contributed by atoms with Crippen LogP contribution in [0.5, 0.6) is 0 Å². The van der Waals surface area contributed by atoms with Crippen molar-refractivity contribution in [3.63, 3.8) is 0 Å². The highest BCUT2D eigenvalue weighted by Crippen LogP contribution is 2.34. The summed E-state index contributed by atoms with van der Waals surface area (Å²) in [5.74, 6) is 2.23. The zero-order valence-electron chi connectivity index (χ0n) is 17.7. The third-order valence-corrected chi connectivity index (χ3v) is 6.22. The largest absolute Gasteiger partial charge is 0.468 e. The maximum atomic E-state index is 6.11. The third kappa shape index (κ3) is 4.93. The smallest absolute Gasteiger partial charge is 0.168 e. The number of furan rings is 1. The second-order valence-electron chi connectivity index (χ2n) is 8.57. The van der Waals surface area contributed by atoms with Gasteiger partial charge in [-0.05, 0) is 59.0 Å². The molecule has 30 heavy (non-hydrogen) atoms. The van der Waals surface area contributed by atoms with Gasteiger partial charge in [0.25, 0.3) is 0 Å². The van der Waals surface area contributed by atoms with Crippen molar-refractivity contribution in [3.05, 3.63) is 64.8 Å². The topological polar surface area (TPSA) is 60.0 Å². The molecule has 7 heteroatoms. The molecule has 0 amide bonds. The van der Waals surface area contributed by atoms with Crippen LogP contribution < -0.4 is 0 Å². The molecule has 0 bridgehead atoms. The Bertz CT molecular complexity index is 900. The minimum Gasteiger partial charge on any atom is -0.468 e. The zero-order valence-corrected chi connectivity index (χ0v) is 18.5. The van der Waals surface area contributed by atoms with Crippen LogP contribution in [0.3, 0.4) is 0 Å². The van der Waals surface area contributed by atoms with E-state index < -0.39 is 0 Å². The molecular formula is C23H30ClN5O. The van der Waals surface area contributed by atoms with Crippen LogP contribution in [-0.2, 0) is 13.1 Å². The van der Waals surface area contributed by atoms with Crippen LogP contribution in [0.1, 0.15) is 75.2 Å². The van der Waals surface area contributed by atoms with Gasteiger partial charge in [-0.15, -0.1) is 5.10 Å². The molecule has 0 aliphatic heterocycles. The Labute approximate surface area is 183 Å². The summed E-state index contributed by atoms with van der Waals surface area (Å²) >= 11 is 6.11. The summed E-state index contributed by atoms with van der Waals surface area (Å²) in [7, 11) is 0. The lowest BCUT2D eigenvalue weighted by molar-refractivity contribution is 0.113. The molecule has 6 nitrogen and oxygen atoms in total. The Morgan fingerprint density at radius 2 is 1.87 bits per heavy atom. The van der Waals surface area contributed by atoms with Gasteiger partial charge in [0, 0.05) is 11.6 Å². The van der Waals surface area contributed by atoms with Crippen molar-refractivity contribution in [1.29, 1.82) is 0 Å². The molecule has 0 radical (unpaired) electrons. The number of rotatable bonds is 8. The van der Waals surface area contributed by atoms with Gasteiger partial charge in [-0.3, -0.25) is 4.90 Å². The summed E-state index contributed by atoms with van der Waals surface area (Å²) in [4.78, 5) is 2.41. The number of aromatic nitrogens is 4. The molecule has 0 unspecified atom stereocenters. The fraction of sp³-hybridized carbons (Fsp3) is 0.522. The Hall–Kier alpha value is -2.18. The molecule has 2 heterocycles. The molecule has 4 rings (SSSR count). The maximum absolute atomic E-state index is 6.11. The highest BCUT2D eigenvalue weighted by molar-refractivity contribution is 6.30. The number of hydrogen-bond donors (Lipinski definition) is 0. The monoisotopic (exact) mass is 427 g/mol. The van der Waals surface area contributed by atoms with E-state index in [0.717, 1.165) is 36.0 Å². The predicted octanol–water partition coefficient (Wildman–Crippen LogP) is 5.82. The van der Waals surface area contributed by atoms with E-state index in [9.17, 15) is 0 Å². The summed E-state index contributed by atoms with van der Waals surface area (Å²) in [6.07, 6.45) is 7.83. The molecule has 2 aromatic heterocycles. The molecule has 0 saturated heterocycles. The van der Waals surface area contributed by atoms with Gasteiger partial charge in [-0.1, -0.05) is 56.8 Å². The second kappa shape index (κ2) is 9.75. The van der Waals surface area contributed by atoms with Gasteiger partial charge in [-0.25, -0.2) is 4.68 Å². The molecule has 1 saturated carbocycles. The number of halogens is 1. The summed E-state index contributed by atoms with van der Waals surface area (Å²) < 4.78 is 7.79. The van der Waals surface area contributed by atoms with Crippen molar-refractivity contribution in [2.24, 2.45) is 5.92 Å². The number of tetrazole rings is 1. The maximum Gasteiger partial charge on any atom is 0.168 e. The first-order valence-electron chi connectivity index (χ1n) is 10.9. The Kier molecular flexibility index (Phi) is 6.85. The zero-order chi connectivity index (χ0) is 20.9. The summed E-state index contributed by atoms with van der Waals surface area (Å²) in [6, 6.07) is 12.5. The predicted molar refractivity (Wildman–Crippen MR) is 117 cm³/mol. The Balaban J connectivity index is 1.66. The lowest BCUT2D eigenvalue weighted by Crippen LogP contribution is -2.34. The van der Waals surface area contributed by atoms with Gasteiger partial charge < -0.3 is 4.42 Å². The van der Waals surface area contributed by atoms with Gasteiger partial charge in [0.05, 0.1) is 24.9 Å². The van der Waals surface area contributed by atoms with Gasteiger partial charge in [0.2, 0.25) is 0 Å². The minimum atomic E-state index is 0.0719. The lowest BCUT2D eigenvalue weighted by Gasteiger charge is -2.34. The normalized spacial score (nSPS) is 16.4. The lowest BCUT2D eigenvalue weighted by atomic mass is 9.94. The highest BCUT2D eigenvalue weighted by Gasteiger charge is 2.32. The van der Waals surface area contributed by atoms with Crippen molar-refractivity contribution in [1.82, 2.24) is 25.1 Å². The van der Waals surface area contributed by atoms with E-state index in [1.54, 1.807) is 6.26 Å². The number of nitrogens with zero attached hydrogens (tertiary/aromatic N) is 5. The molecule has 0 N–H and O–H groups in total. The van der Waals surface area contributed by atoms with Gasteiger partial charge >= 0.3 is 0 Å². The summed E-state index contributed by atoms with van der Waals surface area (Å²) in [6.45, 7) is 5.93. The van der Waals surface area contributed by atoms with Crippen LogP contribution in [-0.4, -0.2) is 25.1 Å². The Morgan fingerprint density at radius 3 is 2.53 bits per heavy atom. The van der Waals surface area contributed by atoms with E-state index >= 15 is 0 Å². The highest BCUT2D eigenvalue weighted by atomic mass is 35.5. The molecule has 3 aromatic rings. The van der Waals surface area contributed by atoms with Crippen LogP contribution in [0, 0.1) is 5.92 Å². The van der Waals surface area contributed by atoms with E-state index in [-0.39, 0.29) is 6.04 Å². The van der Waals surface area contributed by atoms with Crippen molar-refractivity contribution in [2.45, 2.75) is 71.1 Å². The van der Waals surface area contributed by atoms with Crippen molar-refractivity contribution in [3.8, 4) is 0 Å². The molecule has 1 atom stereocenters. The van der Waals surface area contributed by atoms with Crippen molar-refractivity contribution < 1.29 is 4.42 Å². The van der Waals surface area contributed by atoms with Crippen LogP contribution in [0.15, 0.2) is 47.1 Å². The molecule has 1 aliphatic carbocycles. The van der Waals surface area contributed by atoms with Crippen LogP contribution in [0.2, 0.25) is 5.02 Å². The molecule has 0 spiro atoms. The van der Waals surface area contributed by atoms with E-state index in [1.165, 1.54) is 24.8 Å². The quantitative estimate of drug-likeness (QED) is 0.453. The molecule has 1 aromatic carbocycles. The van der Waals surface area contributed by atoms with E-state index in [0.29, 0.717) is 18.5 Å². The van der Waals surface area contributed by atoms with Gasteiger partial charge in [0.15, 0.2) is 5.82 Å². The number of benzene rings is 1.